The summed E-state index contributed by atoms with van der Waals surface area (Å²) in [6, 6.07) is 18.2. The van der Waals surface area contributed by atoms with Crippen LogP contribution in [-0.2, 0) is 0 Å². The second-order valence-corrected chi connectivity index (χ2v) is 5.38. The zero-order valence-electron chi connectivity index (χ0n) is 12.1. The molecule has 3 aromatic heterocycles. The van der Waals surface area contributed by atoms with E-state index in [-0.39, 0.29) is 0 Å². The molecule has 0 saturated carbocycles. The molecule has 0 atom stereocenters. The van der Waals surface area contributed by atoms with Crippen molar-refractivity contribution in [1.82, 2.24) is 15.0 Å². The standard InChI is InChI=1S/C19H11N3O/c1-2-6-14-12(4-1)8-9-15(22-14)13-5-3-7-16-17(13)18-19(23-16)21-11-10-20-18/h1-11H. The SMILES string of the molecule is c1ccc2nc(-c3cccc4oc5nccnc5c34)ccc2c1. The Hall–Kier alpha value is -3.27. The predicted molar refractivity (Wildman–Crippen MR) is 90.0 cm³/mol. The molecule has 5 rings (SSSR count). The minimum Gasteiger partial charge on any atom is -0.436 e. The van der Waals surface area contributed by atoms with Gasteiger partial charge in [-0.15, -0.1) is 0 Å². The van der Waals surface area contributed by atoms with Crippen molar-refractivity contribution in [2.24, 2.45) is 0 Å². The number of benzene rings is 2. The molecule has 0 spiro atoms. The van der Waals surface area contributed by atoms with Crippen molar-refractivity contribution in [3.8, 4) is 11.3 Å². The van der Waals surface area contributed by atoms with Gasteiger partial charge in [0.1, 0.15) is 11.1 Å². The molecular formula is C19H11N3O. The van der Waals surface area contributed by atoms with E-state index in [2.05, 4.69) is 22.1 Å². The van der Waals surface area contributed by atoms with E-state index in [1.54, 1.807) is 12.4 Å². The monoisotopic (exact) mass is 297 g/mol. The molecule has 0 aliphatic heterocycles. The first-order chi connectivity index (χ1) is 11.4. The molecule has 0 aliphatic carbocycles. The molecule has 0 saturated heterocycles. The number of fused-ring (bicyclic) bond motifs is 4. The number of rotatable bonds is 1. The van der Waals surface area contributed by atoms with E-state index in [1.165, 1.54) is 0 Å². The zero-order valence-corrected chi connectivity index (χ0v) is 12.1. The maximum absolute atomic E-state index is 5.80. The van der Waals surface area contributed by atoms with Crippen LogP contribution >= 0.6 is 0 Å². The minimum atomic E-state index is 0.552. The Bertz CT molecular complexity index is 1180. The Morgan fingerprint density at radius 1 is 0.783 bits per heavy atom. The first-order valence-corrected chi connectivity index (χ1v) is 7.38. The number of para-hydroxylation sites is 1. The van der Waals surface area contributed by atoms with E-state index in [4.69, 9.17) is 9.40 Å². The lowest BCUT2D eigenvalue weighted by atomic mass is 10.0. The summed E-state index contributed by atoms with van der Waals surface area (Å²) < 4.78 is 5.80. The third-order valence-corrected chi connectivity index (χ3v) is 4.01. The molecule has 0 amide bonds. The highest BCUT2D eigenvalue weighted by Crippen LogP contribution is 2.34. The maximum Gasteiger partial charge on any atom is 0.246 e. The molecule has 23 heavy (non-hydrogen) atoms. The van der Waals surface area contributed by atoms with Crippen LogP contribution in [0.3, 0.4) is 0 Å². The first kappa shape index (κ1) is 12.3. The Labute approximate surface area is 131 Å². The molecule has 0 bridgehead atoms. The van der Waals surface area contributed by atoms with E-state index < -0.39 is 0 Å². The van der Waals surface area contributed by atoms with Crippen molar-refractivity contribution in [1.29, 1.82) is 0 Å². The fourth-order valence-electron chi connectivity index (χ4n) is 2.97. The van der Waals surface area contributed by atoms with Crippen molar-refractivity contribution < 1.29 is 4.42 Å². The van der Waals surface area contributed by atoms with Gasteiger partial charge in [0.05, 0.1) is 16.6 Å². The van der Waals surface area contributed by atoms with Crippen LogP contribution < -0.4 is 0 Å². The van der Waals surface area contributed by atoms with Crippen LogP contribution in [0.2, 0.25) is 0 Å². The smallest absolute Gasteiger partial charge is 0.246 e. The average molecular weight is 297 g/mol. The second kappa shape index (κ2) is 4.61. The van der Waals surface area contributed by atoms with E-state index in [9.17, 15) is 0 Å². The highest BCUT2D eigenvalue weighted by molar-refractivity contribution is 6.09. The van der Waals surface area contributed by atoms with Gasteiger partial charge in [-0.05, 0) is 18.2 Å². The van der Waals surface area contributed by atoms with Gasteiger partial charge >= 0.3 is 0 Å². The number of hydrogen-bond donors (Lipinski definition) is 0. The molecule has 108 valence electrons. The predicted octanol–water partition coefficient (Wildman–Crippen LogP) is 4.59. The van der Waals surface area contributed by atoms with Gasteiger partial charge in [-0.1, -0.05) is 36.4 Å². The lowest BCUT2D eigenvalue weighted by Gasteiger charge is -2.04. The van der Waals surface area contributed by atoms with Crippen molar-refractivity contribution in [2.45, 2.75) is 0 Å². The van der Waals surface area contributed by atoms with Crippen LogP contribution in [0.25, 0.3) is 44.4 Å². The Balaban J connectivity index is 1.87. The van der Waals surface area contributed by atoms with Crippen molar-refractivity contribution >= 4 is 33.1 Å². The number of nitrogens with zero attached hydrogens (tertiary/aromatic N) is 3. The van der Waals surface area contributed by atoms with Crippen LogP contribution in [0.15, 0.2) is 71.4 Å². The molecule has 4 nitrogen and oxygen atoms in total. The fraction of sp³-hybridized carbons (Fsp3) is 0. The lowest BCUT2D eigenvalue weighted by molar-refractivity contribution is 0.653. The molecule has 0 N–H and O–H groups in total. The van der Waals surface area contributed by atoms with Gasteiger partial charge in [-0.3, -0.25) is 0 Å². The zero-order chi connectivity index (χ0) is 15.2. The van der Waals surface area contributed by atoms with Gasteiger partial charge in [-0.25, -0.2) is 15.0 Å². The summed E-state index contributed by atoms with van der Waals surface area (Å²) in [6.45, 7) is 0. The van der Waals surface area contributed by atoms with E-state index >= 15 is 0 Å². The van der Waals surface area contributed by atoms with Crippen LogP contribution in [0, 0.1) is 0 Å². The summed E-state index contributed by atoms with van der Waals surface area (Å²) in [5.74, 6) is 0. The molecule has 3 heterocycles. The van der Waals surface area contributed by atoms with Gasteiger partial charge < -0.3 is 4.42 Å². The first-order valence-electron chi connectivity index (χ1n) is 7.38. The molecule has 0 aliphatic rings. The molecule has 4 heteroatoms. The normalized spacial score (nSPS) is 11.5. The van der Waals surface area contributed by atoms with Gasteiger partial charge in [-0.2, -0.15) is 0 Å². The number of pyridine rings is 1. The molecule has 0 unspecified atom stereocenters. The summed E-state index contributed by atoms with van der Waals surface area (Å²) >= 11 is 0. The molecule has 5 aromatic rings. The Kier molecular flexibility index (Phi) is 2.46. The van der Waals surface area contributed by atoms with Crippen molar-refractivity contribution in [3.63, 3.8) is 0 Å². The second-order valence-electron chi connectivity index (χ2n) is 5.38. The maximum atomic E-state index is 5.80. The largest absolute Gasteiger partial charge is 0.436 e. The number of hydrogen-bond acceptors (Lipinski definition) is 4. The lowest BCUT2D eigenvalue weighted by Crippen LogP contribution is -1.86. The third-order valence-electron chi connectivity index (χ3n) is 4.01. The van der Waals surface area contributed by atoms with E-state index in [0.717, 1.165) is 38.6 Å². The average Bonchev–Trinajstić information content (AvgIpc) is 3.00. The summed E-state index contributed by atoms with van der Waals surface area (Å²) in [5, 5.41) is 2.08. The topological polar surface area (TPSA) is 51.8 Å². The number of aromatic nitrogens is 3. The van der Waals surface area contributed by atoms with Crippen LogP contribution in [-0.4, -0.2) is 15.0 Å². The van der Waals surface area contributed by atoms with Crippen LogP contribution in [0.4, 0.5) is 0 Å². The molecule has 0 fully saturated rings. The van der Waals surface area contributed by atoms with E-state index in [1.807, 2.05) is 42.5 Å². The van der Waals surface area contributed by atoms with Crippen molar-refractivity contribution in [3.05, 3.63) is 67.0 Å². The highest BCUT2D eigenvalue weighted by Gasteiger charge is 2.14. The minimum absolute atomic E-state index is 0.552. The summed E-state index contributed by atoms with van der Waals surface area (Å²) in [6.07, 6.45) is 3.32. The fourth-order valence-corrected chi connectivity index (χ4v) is 2.97. The third kappa shape index (κ3) is 1.82. The number of furan rings is 1. The highest BCUT2D eigenvalue weighted by atomic mass is 16.3. The molecule has 0 radical (unpaired) electrons. The summed E-state index contributed by atoms with van der Waals surface area (Å²) in [4.78, 5) is 13.5. The Morgan fingerprint density at radius 3 is 2.70 bits per heavy atom. The van der Waals surface area contributed by atoms with Gasteiger partial charge in [0, 0.05) is 23.3 Å². The van der Waals surface area contributed by atoms with Crippen LogP contribution in [0.5, 0.6) is 0 Å². The van der Waals surface area contributed by atoms with Gasteiger partial charge in [0.15, 0.2) is 0 Å². The summed E-state index contributed by atoms with van der Waals surface area (Å²) in [5.41, 5.74) is 4.98. The van der Waals surface area contributed by atoms with Gasteiger partial charge in [0.2, 0.25) is 5.71 Å². The van der Waals surface area contributed by atoms with Crippen LogP contribution in [0.1, 0.15) is 0 Å². The molecule has 2 aromatic carbocycles. The Morgan fingerprint density at radius 2 is 1.70 bits per heavy atom. The summed E-state index contributed by atoms with van der Waals surface area (Å²) in [7, 11) is 0. The van der Waals surface area contributed by atoms with E-state index in [0.29, 0.717) is 5.71 Å². The van der Waals surface area contributed by atoms with Gasteiger partial charge in [0.25, 0.3) is 0 Å². The quantitative estimate of drug-likeness (QED) is 0.454. The molecular weight excluding hydrogens is 286 g/mol. The van der Waals surface area contributed by atoms with Crippen molar-refractivity contribution in [2.75, 3.05) is 0 Å².